The zero-order chi connectivity index (χ0) is 20.1. The quantitative estimate of drug-likeness (QED) is 0.301. The number of hydrogen-bond donors (Lipinski definition) is 1. The van der Waals surface area contributed by atoms with E-state index in [0.717, 1.165) is 5.39 Å². The molecule has 1 aliphatic heterocycles. The molecule has 1 fully saturated rings. The van der Waals surface area contributed by atoms with Gasteiger partial charge >= 0.3 is 5.63 Å². The van der Waals surface area contributed by atoms with Crippen LogP contribution >= 0.6 is 22.9 Å². The molecule has 1 aliphatic rings. The molecule has 5 rings (SSSR count). The van der Waals surface area contributed by atoms with Crippen molar-refractivity contribution in [2.45, 2.75) is 11.4 Å². The molecule has 2 unspecified atom stereocenters. The Labute approximate surface area is 173 Å². The molecule has 29 heavy (non-hydrogen) atoms. The van der Waals surface area contributed by atoms with E-state index in [4.69, 9.17) is 16.0 Å². The number of benzene rings is 2. The summed E-state index contributed by atoms with van der Waals surface area (Å²) < 4.78 is 5.38. The molecule has 2 aromatic carbocycles. The number of amides is 1. The summed E-state index contributed by atoms with van der Waals surface area (Å²) >= 11 is 7.47. The number of β-lactam (4-membered cyclic amide) rings is 1. The van der Waals surface area contributed by atoms with Crippen molar-refractivity contribution in [2.24, 2.45) is 0 Å². The molecule has 0 radical (unpaired) electrons. The highest BCUT2D eigenvalue weighted by molar-refractivity contribution is 7.14. The highest BCUT2D eigenvalue weighted by Crippen LogP contribution is 2.46. The molecule has 0 spiro atoms. The van der Waals surface area contributed by atoms with Gasteiger partial charge in [0.1, 0.15) is 16.7 Å². The molecule has 1 N–H and O–H groups in total. The van der Waals surface area contributed by atoms with E-state index in [1.807, 2.05) is 12.1 Å². The number of aromatic nitrogens is 1. The van der Waals surface area contributed by atoms with Crippen LogP contribution in [0.3, 0.4) is 0 Å². The molecule has 1 saturated heterocycles. The second kappa shape index (κ2) is 6.72. The third-order valence-electron chi connectivity index (χ3n) is 4.90. The lowest BCUT2D eigenvalue weighted by molar-refractivity contribution is -0.123. The number of carbonyl (C=O) groups excluding carboxylic acids is 1. The average Bonchev–Trinajstić information content (AvgIpc) is 3.20. The lowest BCUT2D eigenvalue weighted by Gasteiger charge is -2.42. The second-order valence-electron chi connectivity index (χ2n) is 6.61. The molecule has 0 saturated carbocycles. The maximum Gasteiger partial charge on any atom is 0.345 e. The van der Waals surface area contributed by atoms with E-state index in [2.05, 4.69) is 4.98 Å². The molecule has 0 aliphatic carbocycles. The third-order valence-corrected chi connectivity index (χ3v) is 6.16. The third kappa shape index (κ3) is 2.82. The smallest absolute Gasteiger partial charge is 0.345 e. The number of halogens is 1. The van der Waals surface area contributed by atoms with E-state index < -0.39 is 17.0 Å². The van der Waals surface area contributed by atoms with Crippen LogP contribution in [-0.4, -0.2) is 21.4 Å². The molecule has 4 aromatic rings. The van der Waals surface area contributed by atoms with Crippen molar-refractivity contribution in [1.29, 1.82) is 0 Å². The van der Waals surface area contributed by atoms with Crippen molar-refractivity contribution >= 4 is 44.9 Å². The number of para-hydroxylation sites is 2. The summed E-state index contributed by atoms with van der Waals surface area (Å²) in [6, 6.07) is 15.2. The van der Waals surface area contributed by atoms with Crippen molar-refractivity contribution in [2.75, 3.05) is 4.90 Å². The van der Waals surface area contributed by atoms with Crippen LogP contribution in [0.5, 0.6) is 5.75 Å². The number of rotatable bonds is 3. The summed E-state index contributed by atoms with van der Waals surface area (Å²) in [5, 5.41) is 12.3. The van der Waals surface area contributed by atoms with Crippen LogP contribution in [0.25, 0.3) is 22.2 Å². The number of aromatic hydroxyl groups is 1. The fraction of sp³-hybridized carbons (Fsp3) is 0.0952. The standard InChI is InChI=1S/C21H13ClN2O4S/c22-17-18(12-6-2-3-7-15(12)25)24(19(17)26)21-23-14(10-29-21)13-9-11-5-1-4-8-16(11)28-20(13)27/h1-10,17-18,25H. The Bertz CT molecular complexity index is 1320. The van der Waals surface area contributed by atoms with Crippen molar-refractivity contribution in [3.05, 3.63) is 76.0 Å². The van der Waals surface area contributed by atoms with Crippen molar-refractivity contribution in [1.82, 2.24) is 4.98 Å². The van der Waals surface area contributed by atoms with E-state index in [9.17, 15) is 14.7 Å². The number of fused-ring (bicyclic) bond motifs is 1. The number of thiazole rings is 1. The first-order chi connectivity index (χ1) is 14.0. The molecule has 8 heteroatoms. The minimum atomic E-state index is -0.790. The Kier molecular flexibility index (Phi) is 4.15. The molecule has 6 nitrogen and oxygen atoms in total. The number of phenols is 1. The first kappa shape index (κ1) is 17.9. The van der Waals surface area contributed by atoms with Crippen LogP contribution in [0.15, 0.2) is 69.2 Å². The van der Waals surface area contributed by atoms with Crippen LogP contribution in [0, 0.1) is 0 Å². The average molecular weight is 425 g/mol. The van der Waals surface area contributed by atoms with Gasteiger partial charge in [-0.05, 0) is 18.2 Å². The van der Waals surface area contributed by atoms with Gasteiger partial charge < -0.3 is 9.52 Å². The topological polar surface area (TPSA) is 83.6 Å². The molecule has 2 aromatic heterocycles. The minimum Gasteiger partial charge on any atom is -0.508 e. The summed E-state index contributed by atoms with van der Waals surface area (Å²) in [4.78, 5) is 30.8. The summed E-state index contributed by atoms with van der Waals surface area (Å²) in [7, 11) is 0. The normalized spacial score (nSPS) is 18.8. The van der Waals surface area contributed by atoms with Crippen LogP contribution in [0.4, 0.5) is 5.13 Å². The Morgan fingerprint density at radius 2 is 1.86 bits per heavy atom. The number of anilines is 1. The van der Waals surface area contributed by atoms with Gasteiger partial charge in [0.05, 0.1) is 17.3 Å². The van der Waals surface area contributed by atoms with Gasteiger partial charge in [0.15, 0.2) is 5.13 Å². The highest BCUT2D eigenvalue weighted by atomic mass is 35.5. The van der Waals surface area contributed by atoms with Gasteiger partial charge in [0.2, 0.25) is 5.91 Å². The predicted octanol–water partition coefficient (Wildman–Crippen LogP) is 4.32. The van der Waals surface area contributed by atoms with Gasteiger partial charge in [-0.25, -0.2) is 9.78 Å². The van der Waals surface area contributed by atoms with Crippen molar-refractivity contribution < 1.29 is 14.3 Å². The fourth-order valence-electron chi connectivity index (χ4n) is 3.44. The van der Waals surface area contributed by atoms with E-state index in [-0.39, 0.29) is 11.7 Å². The zero-order valence-corrected chi connectivity index (χ0v) is 16.4. The predicted molar refractivity (Wildman–Crippen MR) is 112 cm³/mol. The Hall–Kier alpha value is -3.16. The summed E-state index contributed by atoms with van der Waals surface area (Å²) in [5.41, 5.74) is 1.29. The molecule has 0 bridgehead atoms. The van der Waals surface area contributed by atoms with Gasteiger partial charge in [0.25, 0.3) is 0 Å². The number of nitrogens with zero attached hydrogens (tertiary/aromatic N) is 2. The second-order valence-corrected chi connectivity index (χ2v) is 7.92. The number of phenolic OH excluding ortho intramolecular Hbond substituents is 1. The number of hydrogen-bond acceptors (Lipinski definition) is 6. The maximum absolute atomic E-state index is 12.4. The van der Waals surface area contributed by atoms with Gasteiger partial charge in [-0.2, -0.15) is 0 Å². The fourth-order valence-corrected chi connectivity index (χ4v) is 4.66. The van der Waals surface area contributed by atoms with Crippen molar-refractivity contribution in [3.8, 4) is 17.0 Å². The van der Waals surface area contributed by atoms with Crippen molar-refractivity contribution in [3.63, 3.8) is 0 Å². The molecule has 144 valence electrons. The SMILES string of the molecule is O=C1C(Cl)C(c2ccccc2O)N1c1nc(-c2cc3ccccc3oc2=O)cs1. The first-order valence-electron chi connectivity index (χ1n) is 8.78. The Morgan fingerprint density at radius 3 is 2.69 bits per heavy atom. The zero-order valence-electron chi connectivity index (χ0n) is 14.8. The number of carbonyl (C=O) groups is 1. The van der Waals surface area contributed by atoms with Crippen LogP contribution < -0.4 is 10.5 Å². The van der Waals surface area contributed by atoms with Gasteiger partial charge in [-0.1, -0.05) is 36.4 Å². The molecular formula is C21H13ClN2O4S. The van der Waals surface area contributed by atoms with E-state index in [1.54, 1.807) is 47.8 Å². The maximum atomic E-state index is 12.4. The number of alkyl halides is 1. The molecule has 1 amide bonds. The minimum absolute atomic E-state index is 0.0626. The Balaban J connectivity index is 1.55. The van der Waals surface area contributed by atoms with Crippen LogP contribution in [0.2, 0.25) is 0 Å². The van der Waals surface area contributed by atoms with Gasteiger partial charge in [-0.3, -0.25) is 9.69 Å². The monoisotopic (exact) mass is 424 g/mol. The van der Waals surface area contributed by atoms with Crippen LogP contribution in [-0.2, 0) is 4.79 Å². The van der Waals surface area contributed by atoms with E-state index >= 15 is 0 Å². The molecular weight excluding hydrogens is 412 g/mol. The van der Waals surface area contributed by atoms with E-state index in [1.165, 1.54) is 16.2 Å². The Morgan fingerprint density at radius 1 is 1.10 bits per heavy atom. The lowest BCUT2D eigenvalue weighted by atomic mass is 9.93. The van der Waals surface area contributed by atoms with Gasteiger partial charge in [-0.15, -0.1) is 22.9 Å². The highest BCUT2D eigenvalue weighted by Gasteiger charge is 2.50. The molecule has 2 atom stereocenters. The summed E-state index contributed by atoms with van der Waals surface area (Å²) in [5.74, 6) is -0.237. The first-order valence-corrected chi connectivity index (χ1v) is 10.1. The summed E-state index contributed by atoms with van der Waals surface area (Å²) in [6.45, 7) is 0. The lowest BCUT2D eigenvalue weighted by Crippen LogP contribution is -2.56. The van der Waals surface area contributed by atoms with Crippen LogP contribution in [0.1, 0.15) is 11.6 Å². The largest absolute Gasteiger partial charge is 0.508 e. The molecule has 3 heterocycles. The van der Waals surface area contributed by atoms with E-state index in [0.29, 0.717) is 27.5 Å². The summed E-state index contributed by atoms with van der Waals surface area (Å²) in [6.07, 6.45) is 0. The van der Waals surface area contributed by atoms with Gasteiger partial charge in [0, 0.05) is 16.3 Å².